The van der Waals surface area contributed by atoms with Gasteiger partial charge in [-0.1, -0.05) is 24.3 Å². The summed E-state index contributed by atoms with van der Waals surface area (Å²) in [6, 6.07) is 10.4. The quantitative estimate of drug-likeness (QED) is 0.888. The van der Waals surface area contributed by atoms with E-state index in [1.165, 1.54) is 0 Å². The van der Waals surface area contributed by atoms with Gasteiger partial charge in [0.05, 0.1) is 12.2 Å². The second-order valence-corrected chi connectivity index (χ2v) is 4.71. The molecule has 5 heteroatoms. The molecule has 0 saturated carbocycles. The minimum atomic E-state index is -0.875. The second kappa shape index (κ2) is 7.66. The van der Waals surface area contributed by atoms with Gasteiger partial charge in [0.15, 0.2) is 0 Å². The van der Waals surface area contributed by atoms with Crippen LogP contribution in [0.15, 0.2) is 42.5 Å². The summed E-state index contributed by atoms with van der Waals surface area (Å²) >= 11 is 0. The van der Waals surface area contributed by atoms with Gasteiger partial charge >= 0.3 is 0 Å². The molecule has 0 fully saturated rings. The number of nitrogens with one attached hydrogen (secondary N) is 1. The Morgan fingerprint density at radius 3 is 2.55 bits per heavy atom. The molecule has 22 heavy (non-hydrogen) atoms. The molecule has 0 aromatic heterocycles. The zero-order valence-corrected chi connectivity index (χ0v) is 12.2. The van der Waals surface area contributed by atoms with Crippen LogP contribution in [0.4, 0.5) is 8.78 Å². The lowest BCUT2D eigenvalue weighted by molar-refractivity contribution is 0.0945. The van der Waals surface area contributed by atoms with Crippen molar-refractivity contribution in [2.45, 2.75) is 20.1 Å². The average Bonchev–Trinajstić information content (AvgIpc) is 2.51. The second-order valence-electron chi connectivity index (χ2n) is 4.71. The Morgan fingerprint density at radius 2 is 1.86 bits per heavy atom. The summed E-state index contributed by atoms with van der Waals surface area (Å²) in [6.45, 7) is 3.20. The van der Waals surface area contributed by atoms with Crippen molar-refractivity contribution in [3.63, 3.8) is 0 Å². The number of carbonyl (C=O) groups is 1. The van der Waals surface area contributed by atoms with Crippen molar-refractivity contribution in [2.75, 3.05) is 6.61 Å². The van der Waals surface area contributed by atoms with Crippen LogP contribution in [0.2, 0.25) is 0 Å². The van der Waals surface area contributed by atoms with Gasteiger partial charge in [-0.15, -0.1) is 0 Å². The molecule has 0 bridgehead atoms. The summed E-state index contributed by atoms with van der Waals surface area (Å²) in [5, 5.41) is 2.64. The molecule has 0 atom stereocenters. The maximum Gasteiger partial charge on any atom is 0.254 e. The van der Waals surface area contributed by atoms with E-state index in [1.54, 1.807) is 0 Å². The zero-order chi connectivity index (χ0) is 15.9. The highest BCUT2D eigenvalue weighted by atomic mass is 19.1. The van der Waals surface area contributed by atoms with E-state index < -0.39 is 17.5 Å². The Morgan fingerprint density at radius 1 is 1.14 bits per heavy atom. The molecule has 1 amide bonds. The third-order valence-corrected chi connectivity index (χ3v) is 3.20. The molecule has 0 saturated heterocycles. The lowest BCUT2D eigenvalue weighted by atomic mass is 10.1. The Hall–Kier alpha value is -2.27. The van der Waals surface area contributed by atoms with Crippen LogP contribution in [0.5, 0.6) is 0 Å². The molecule has 0 heterocycles. The number of amides is 1. The zero-order valence-electron chi connectivity index (χ0n) is 12.2. The summed E-state index contributed by atoms with van der Waals surface area (Å²) in [5.74, 6) is -2.17. The molecular weight excluding hydrogens is 288 g/mol. The number of hydrogen-bond acceptors (Lipinski definition) is 2. The molecule has 2 rings (SSSR count). The van der Waals surface area contributed by atoms with Crippen LogP contribution < -0.4 is 5.32 Å². The highest BCUT2D eigenvalue weighted by Crippen LogP contribution is 2.12. The number of carbonyl (C=O) groups excluding carboxylic acids is 1. The van der Waals surface area contributed by atoms with Crippen molar-refractivity contribution >= 4 is 5.91 Å². The predicted octanol–water partition coefficient (Wildman–Crippen LogP) is 3.43. The summed E-state index contributed by atoms with van der Waals surface area (Å²) in [4.78, 5) is 12.0. The first kappa shape index (κ1) is 16.1. The van der Waals surface area contributed by atoms with E-state index in [0.717, 1.165) is 23.3 Å². The number of rotatable bonds is 6. The van der Waals surface area contributed by atoms with Gasteiger partial charge in [-0.25, -0.2) is 8.78 Å². The van der Waals surface area contributed by atoms with Crippen molar-refractivity contribution in [3.05, 3.63) is 70.8 Å². The maximum atomic E-state index is 13.6. The van der Waals surface area contributed by atoms with E-state index in [2.05, 4.69) is 5.32 Å². The largest absolute Gasteiger partial charge is 0.377 e. The van der Waals surface area contributed by atoms with Crippen molar-refractivity contribution in [1.29, 1.82) is 0 Å². The van der Waals surface area contributed by atoms with Crippen LogP contribution in [0.3, 0.4) is 0 Å². The molecule has 2 aromatic rings. The minimum absolute atomic E-state index is 0.177. The normalized spacial score (nSPS) is 10.5. The standard InChI is InChI=1S/C17H17F2NO2/c1-2-22-11-13-6-4-3-5-12(13)10-20-17(21)15-8-7-14(18)9-16(15)19/h3-9H,2,10-11H2,1H3,(H,20,21). The highest BCUT2D eigenvalue weighted by Gasteiger charge is 2.12. The van der Waals surface area contributed by atoms with Crippen molar-refractivity contribution in [2.24, 2.45) is 0 Å². The third kappa shape index (κ3) is 4.11. The fraction of sp³-hybridized carbons (Fsp3) is 0.235. The van der Waals surface area contributed by atoms with Crippen LogP contribution in [0, 0.1) is 11.6 Å². The smallest absolute Gasteiger partial charge is 0.254 e. The van der Waals surface area contributed by atoms with Gasteiger partial charge in [-0.3, -0.25) is 4.79 Å². The van der Waals surface area contributed by atoms with Crippen LogP contribution in [0.1, 0.15) is 28.4 Å². The monoisotopic (exact) mass is 305 g/mol. The average molecular weight is 305 g/mol. The Kier molecular flexibility index (Phi) is 5.61. The van der Waals surface area contributed by atoms with Gasteiger partial charge in [0.1, 0.15) is 11.6 Å². The molecule has 116 valence electrons. The van der Waals surface area contributed by atoms with Gasteiger partial charge in [0, 0.05) is 19.2 Å². The highest BCUT2D eigenvalue weighted by molar-refractivity contribution is 5.94. The first-order valence-electron chi connectivity index (χ1n) is 6.99. The lowest BCUT2D eigenvalue weighted by Gasteiger charge is -2.11. The lowest BCUT2D eigenvalue weighted by Crippen LogP contribution is -2.24. The van der Waals surface area contributed by atoms with Gasteiger partial charge in [0.2, 0.25) is 0 Å². The van der Waals surface area contributed by atoms with E-state index in [-0.39, 0.29) is 12.1 Å². The van der Waals surface area contributed by atoms with Gasteiger partial charge in [-0.2, -0.15) is 0 Å². The van der Waals surface area contributed by atoms with Crippen LogP contribution in [-0.4, -0.2) is 12.5 Å². The Labute approximate surface area is 127 Å². The summed E-state index contributed by atoms with van der Waals surface area (Å²) in [7, 11) is 0. The molecule has 1 N–H and O–H groups in total. The SMILES string of the molecule is CCOCc1ccccc1CNC(=O)c1ccc(F)cc1F. The molecule has 0 spiro atoms. The number of ether oxygens (including phenoxy) is 1. The van der Waals surface area contributed by atoms with Crippen LogP contribution in [0.25, 0.3) is 0 Å². The fourth-order valence-electron chi connectivity index (χ4n) is 2.03. The van der Waals surface area contributed by atoms with Gasteiger partial charge in [-0.05, 0) is 30.2 Å². The Bertz CT molecular complexity index is 659. The van der Waals surface area contributed by atoms with E-state index in [4.69, 9.17) is 4.74 Å². The van der Waals surface area contributed by atoms with E-state index in [1.807, 2.05) is 31.2 Å². The number of benzene rings is 2. The van der Waals surface area contributed by atoms with Crippen molar-refractivity contribution < 1.29 is 18.3 Å². The number of halogens is 2. The molecule has 0 radical (unpaired) electrons. The van der Waals surface area contributed by atoms with Gasteiger partial charge in [0.25, 0.3) is 5.91 Å². The molecule has 0 unspecified atom stereocenters. The maximum absolute atomic E-state index is 13.6. The molecule has 0 aliphatic rings. The van der Waals surface area contributed by atoms with E-state index in [9.17, 15) is 13.6 Å². The summed E-state index contributed by atoms with van der Waals surface area (Å²) < 4.78 is 31.8. The van der Waals surface area contributed by atoms with Crippen LogP contribution >= 0.6 is 0 Å². The van der Waals surface area contributed by atoms with Crippen LogP contribution in [-0.2, 0) is 17.9 Å². The molecule has 0 aliphatic heterocycles. The number of hydrogen-bond donors (Lipinski definition) is 1. The third-order valence-electron chi connectivity index (χ3n) is 3.20. The Balaban J connectivity index is 2.05. The van der Waals surface area contributed by atoms with Crippen molar-refractivity contribution in [3.8, 4) is 0 Å². The fourth-order valence-corrected chi connectivity index (χ4v) is 2.03. The molecule has 0 aliphatic carbocycles. The molecule has 3 nitrogen and oxygen atoms in total. The summed E-state index contributed by atoms with van der Waals surface area (Å²) in [6.07, 6.45) is 0. The summed E-state index contributed by atoms with van der Waals surface area (Å²) in [5.41, 5.74) is 1.68. The van der Waals surface area contributed by atoms with E-state index in [0.29, 0.717) is 19.3 Å². The first-order chi connectivity index (χ1) is 10.6. The van der Waals surface area contributed by atoms with E-state index >= 15 is 0 Å². The topological polar surface area (TPSA) is 38.3 Å². The minimum Gasteiger partial charge on any atom is -0.377 e. The molecule has 2 aromatic carbocycles. The molecular formula is C17H17F2NO2. The first-order valence-corrected chi connectivity index (χ1v) is 6.99. The van der Waals surface area contributed by atoms with Gasteiger partial charge < -0.3 is 10.1 Å². The predicted molar refractivity (Wildman–Crippen MR) is 79.3 cm³/mol. The van der Waals surface area contributed by atoms with Crippen molar-refractivity contribution in [1.82, 2.24) is 5.32 Å².